The largest absolute Gasteiger partial charge is 0.342 e. The molecule has 2 fully saturated rings. The monoisotopic (exact) mass is 428 g/mol. The smallest absolute Gasteiger partial charge is 0.226 e. The zero-order chi connectivity index (χ0) is 16.9. The normalized spacial score (nSPS) is 19.4. The molecule has 1 heterocycles. The molecular formula is C20H30BrClN2O. The van der Waals surface area contributed by atoms with Crippen molar-refractivity contribution in [1.29, 1.82) is 0 Å². The molecule has 1 unspecified atom stereocenters. The van der Waals surface area contributed by atoms with Gasteiger partial charge in [0.05, 0.1) is 0 Å². The molecule has 1 aromatic carbocycles. The first-order valence-corrected chi connectivity index (χ1v) is 10.2. The predicted octanol–water partition coefficient (Wildman–Crippen LogP) is 4.43. The van der Waals surface area contributed by atoms with Crippen molar-refractivity contribution in [2.45, 2.75) is 51.5 Å². The molecule has 2 aliphatic rings. The Morgan fingerprint density at radius 2 is 2.00 bits per heavy atom. The van der Waals surface area contributed by atoms with Gasteiger partial charge in [0.2, 0.25) is 5.91 Å². The summed E-state index contributed by atoms with van der Waals surface area (Å²) in [5.74, 6) is 1.38. The number of nitrogens with zero attached hydrogens (tertiary/aromatic N) is 1. The summed E-state index contributed by atoms with van der Waals surface area (Å²) in [5, 5.41) is 3.69. The fraction of sp³-hybridized carbons (Fsp3) is 0.650. The average Bonchev–Trinajstić information content (AvgIpc) is 3.42. The Morgan fingerprint density at radius 1 is 1.28 bits per heavy atom. The maximum absolute atomic E-state index is 12.9. The van der Waals surface area contributed by atoms with E-state index in [9.17, 15) is 4.79 Å². The molecule has 0 spiro atoms. The number of halogens is 2. The van der Waals surface area contributed by atoms with Gasteiger partial charge < -0.3 is 10.2 Å². The third-order valence-corrected chi connectivity index (χ3v) is 5.91. The van der Waals surface area contributed by atoms with E-state index in [0.29, 0.717) is 11.9 Å². The Bertz CT molecular complexity index is 556. The van der Waals surface area contributed by atoms with Crippen LogP contribution in [0.5, 0.6) is 0 Å². The van der Waals surface area contributed by atoms with Crippen LogP contribution < -0.4 is 5.32 Å². The van der Waals surface area contributed by atoms with Crippen LogP contribution in [0.2, 0.25) is 0 Å². The topological polar surface area (TPSA) is 32.3 Å². The molecule has 1 atom stereocenters. The Hall–Kier alpha value is -0.580. The minimum absolute atomic E-state index is 0. The van der Waals surface area contributed by atoms with E-state index in [-0.39, 0.29) is 18.3 Å². The lowest BCUT2D eigenvalue weighted by molar-refractivity contribution is -0.136. The first-order valence-electron chi connectivity index (χ1n) is 9.42. The first-order chi connectivity index (χ1) is 11.7. The number of piperidine rings is 1. The molecule has 1 aromatic rings. The third-order valence-electron chi connectivity index (χ3n) is 5.41. The lowest BCUT2D eigenvalue weighted by Gasteiger charge is -2.34. The van der Waals surface area contributed by atoms with E-state index >= 15 is 0 Å². The van der Waals surface area contributed by atoms with E-state index in [2.05, 4.69) is 45.2 Å². The summed E-state index contributed by atoms with van der Waals surface area (Å²) in [6.07, 6.45) is 6.76. The molecule has 25 heavy (non-hydrogen) atoms. The summed E-state index contributed by atoms with van der Waals surface area (Å²) in [7, 11) is 0. The van der Waals surface area contributed by atoms with Crippen LogP contribution in [-0.4, -0.2) is 36.5 Å². The van der Waals surface area contributed by atoms with Crippen LogP contribution in [0.15, 0.2) is 28.7 Å². The van der Waals surface area contributed by atoms with E-state index in [4.69, 9.17) is 0 Å². The van der Waals surface area contributed by atoms with Gasteiger partial charge in [-0.3, -0.25) is 4.79 Å². The molecule has 1 aliphatic heterocycles. The standard InChI is InChI=1S/C20H29BrN2O.ClH/c1-2-17(12-16-4-3-5-18(21)13-16)20(24)23-10-8-19(9-11-23)22-14-15-6-7-15;/h3-5,13,15,17,19,22H,2,6-12,14H2,1H3;1H. The van der Waals surface area contributed by atoms with Crippen molar-refractivity contribution < 1.29 is 4.79 Å². The molecular weight excluding hydrogens is 400 g/mol. The third kappa shape index (κ3) is 6.26. The molecule has 1 saturated carbocycles. The fourth-order valence-electron chi connectivity index (χ4n) is 3.57. The molecule has 0 aromatic heterocycles. The summed E-state index contributed by atoms with van der Waals surface area (Å²) in [5.41, 5.74) is 1.24. The molecule has 1 saturated heterocycles. The van der Waals surface area contributed by atoms with E-state index in [1.54, 1.807) is 0 Å². The minimum Gasteiger partial charge on any atom is -0.342 e. The van der Waals surface area contributed by atoms with Crippen molar-refractivity contribution in [2.24, 2.45) is 11.8 Å². The zero-order valence-corrected chi connectivity index (χ0v) is 17.4. The van der Waals surface area contributed by atoms with Crippen LogP contribution >= 0.6 is 28.3 Å². The number of hydrogen-bond donors (Lipinski definition) is 1. The van der Waals surface area contributed by atoms with Gasteiger partial charge in [0.25, 0.3) is 0 Å². The summed E-state index contributed by atoms with van der Waals surface area (Å²) in [6, 6.07) is 8.94. The number of nitrogens with one attached hydrogen (secondary N) is 1. The summed E-state index contributed by atoms with van der Waals surface area (Å²) in [4.78, 5) is 15.0. The second kappa shape index (κ2) is 9.94. The number of amides is 1. The van der Waals surface area contributed by atoms with Crippen LogP contribution in [0.25, 0.3) is 0 Å². The zero-order valence-electron chi connectivity index (χ0n) is 15.0. The predicted molar refractivity (Wildman–Crippen MR) is 109 cm³/mol. The Morgan fingerprint density at radius 3 is 2.60 bits per heavy atom. The number of hydrogen-bond acceptors (Lipinski definition) is 2. The Labute approximate surface area is 166 Å². The molecule has 1 aliphatic carbocycles. The molecule has 0 radical (unpaired) electrons. The highest BCUT2D eigenvalue weighted by Gasteiger charge is 2.28. The first kappa shape index (κ1) is 20.7. The molecule has 3 rings (SSSR count). The van der Waals surface area contributed by atoms with Gasteiger partial charge in [0, 0.05) is 29.5 Å². The van der Waals surface area contributed by atoms with Crippen molar-refractivity contribution in [3.63, 3.8) is 0 Å². The lowest BCUT2D eigenvalue weighted by atomic mass is 9.94. The van der Waals surface area contributed by atoms with Gasteiger partial charge in [-0.25, -0.2) is 0 Å². The quantitative estimate of drug-likeness (QED) is 0.695. The minimum atomic E-state index is 0. The van der Waals surface area contributed by atoms with Crippen LogP contribution in [0, 0.1) is 11.8 Å². The molecule has 5 heteroatoms. The van der Waals surface area contributed by atoms with Gasteiger partial charge in [-0.05, 0) is 68.7 Å². The number of likely N-dealkylation sites (tertiary alicyclic amines) is 1. The van der Waals surface area contributed by atoms with Gasteiger partial charge in [-0.15, -0.1) is 12.4 Å². The van der Waals surface area contributed by atoms with Crippen LogP contribution in [-0.2, 0) is 11.2 Å². The molecule has 140 valence electrons. The van der Waals surface area contributed by atoms with E-state index < -0.39 is 0 Å². The van der Waals surface area contributed by atoms with Crippen molar-refractivity contribution in [1.82, 2.24) is 10.2 Å². The van der Waals surface area contributed by atoms with Gasteiger partial charge >= 0.3 is 0 Å². The highest BCUT2D eigenvalue weighted by atomic mass is 79.9. The maximum Gasteiger partial charge on any atom is 0.226 e. The SMILES string of the molecule is CCC(Cc1cccc(Br)c1)C(=O)N1CCC(NCC2CC2)CC1.Cl. The average molecular weight is 430 g/mol. The van der Waals surface area contributed by atoms with Crippen molar-refractivity contribution in [3.8, 4) is 0 Å². The number of carbonyl (C=O) groups is 1. The fourth-order valence-corrected chi connectivity index (χ4v) is 4.02. The van der Waals surface area contributed by atoms with E-state index in [0.717, 1.165) is 49.2 Å². The summed E-state index contributed by atoms with van der Waals surface area (Å²) >= 11 is 3.52. The number of benzene rings is 1. The van der Waals surface area contributed by atoms with Gasteiger partial charge in [0.15, 0.2) is 0 Å². The van der Waals surface area contributed by atoms with Crippen LogP contribution in [0.4, 0.5) is 0 Å². The van der Waals surface area contributed by atoms with Gasteiger partial charge in [-0.1, -0.05) is 35.0 Å². The van der Waals surface area contributed by atoms with Crippen molar-refractivity contribution >= 4 is 34.2 Å². The lowest BCUT2D eigenvalue weighted by Crippen LogP contribution is -2.47. The highest BCUT2D eigenvalue weighted by Crippen LogP contribution is 2.28. The van der Waals surface area contributed by atoms with Gasteiger partial charge in [0.1, 0.15) is 0 Å². The van der Waals surface area contributed by atoms with Crippen molar-refractivity contribution in [3.05, 3.63) is 34.3 Å². The van der Waals surface area contributed by atoms with Crippen LogP contribution in [0.3, 0.4) is 0 Å². The molecule has 1 amide bonds. The number of carbonyl (C=O) groups excluding carboxylic acids is 1. The second-order valence-corrected chi connectivity index (χ2v) is 8.31. The second-order valence-electron chi connectivity index (χ2n) is 7.39. The Kier molecular flexibility index (Phi) is 8.24. The molecule has 1 N–H and O–H groups in total. The Balaban J connectivity index is 0.00000225. The van der Waals surface area contributed by atoms with Gasteiger partial charge in [-0.2, -0.15) is 0 Å². The highest BCUT2D eigenvalue weighted by molar-refractivity contribution is 9.10. The number of rotatable bonds is 7. The maximum atomic E-state index is 12.9. The van der Waals surface area contributed by atoms with E-state index in [1.807, 2.05) is 12.1 Å². The summed E-state index contributed by atoms with van der Waals surface area (Å²) in [6.45, 7) is 5.13. The summed E-state index contributed by atoms with van der Waals surface area (Å²) < 4.78 is 1.09. The van der Waals surface area contributed by atoms with Crippen LogP contribution in [0.1, 0.15) is 44.6 Å². The van der Waals surface area contributed by atoms with E-state index in [1.165, 1.54) is 24.9 Å². The molecule has 0 bridgehead atoms. The molecule has 3 nitrogen and oxygen atoms in total. The van der Waals surface area contributed by atoms with Crippen molar-refractivity contribution in [2.75, 3.05) is 19.6 Å².